The van der Waals surface area contributed by atoms with Gasteiger partial charge in [-0.1, -0.05) is 51.1 Å². The first-order valence-electron chi connectivity index (χ1n) is 18.1. The van der Waals surface area contributed by atoms with E-state index in [1.54, 1.807) is 39.2 Å². The molecule has 0 bridgehead atoms. The van der Waals surface area contributed by atoms with Crippen LogP contribution >= 0.6 is 0 Å². The number of ketones is 2. The first-order valence-corrected chi connectivity index (χ1v) is 18.1. The molecule has 55 heavy (non-hydrogen) atoms. The molecule has 0 radical (unpaired) electrons. The number of primary amides is 1. The van der Waals surface area contributed by atoms with Gasteiger partial charge in [0.05, 0.1) is 18.2 Å². The number of amides is 2. The molecule has 1 saturated carbocycles. The average Bonchev–Trinajstić information content (AvgIpc) is 3.09. The van der Waals surface area contributed by atoms with E-state index < -0.39 is 88.4 Å². The lowest BCUT2D eigenvalue weighted by Gasteiger charge is -2.50. The highest BCUT2D eigenvalue weighted by molar-refractivity contribution is 6.24. The highest BCUT2D eigenvalue weighted by Crippen LogP contribution is 2.54. The van der Waals surface area contributed by atoms with E-state index in [2.05, 4.69) is 0 Å². The number of phenolic OH excluding ortho intramolecular Hbond substituents is 1. The van der Waals surface area contributed by atoms with Crippen LogP contribution in [0.4, 0.5) is 10.5 Å². The van der Waals surface area contributed by atoms with Gasteiger partial charge in [-0.3, -0.25) is 19.3 Å². The fourth-order valence-corrected chi connectivity index (χ4v) is 8.10. The number of Topliss-reactive ketones (excluding diaryl/α,β-unsaturated/α-hetero) is 2. The van der Waals surface area contributed by atoms with Gasteiger partial charge in [-0.05, 0) is 61.9 Å². The second-order valence-corrected chi connectivity index (χ2v) is 16.2. The second-order valence-electron chi connectivity index (χ2n) is 16.2. The quantitative estimate of drug-likeness (QED) is 0.135. The third kappa shape index (κ3) is 7.92. The minimum absolute atomic E-state index is 0.0463. The van der Waals surface area contributed by atoms with E-state index in [1.807, 2.05) is 51.1 Å². The Balaban J connectivity index is 1.48. The number of aromatic hydroxyl groups is 1. The van der Waals surface area contributed by atoms with E-state index in [9.17, 15) is 44.7 Å². The van der Waals surface area contributed by atoms with Gasteiger partial charge in [0.15, 0.2) is 24.5 Å². The molecule has 2 aromatic carbocycles. The zero-order valence-corrected chi connectivity index (χ0v) is 32.3. The van der Waals surface area contributed by atoms with Gasteiger partial charge >= 0.3 is 6.09 Å². The number of ether oxygens (including phenoxy) is 2. The van der Waals surface area contributed by atoms with E-state index >= 15 is 0 Å². The highest BCUT2D eigenvalue weighted by Gasteiger charge is 2.64. The summed E-state index contributed by atoms with van der Waals surface area (Å²) in [6.45, 7) is 5.16. The van der Waals surface area contributed by atoms with Crippen LogP contribution in [0.25, 0.3) is 5.76 Å². The van der Waals surface area contributed by atoms with Gasteiger partial charge in [-0.2, -0.15) is 0 Å². The van der Waals surface area contributed by atoms with Crippen LogP contribution in [0.3, 0.4) is 0 Å². The van der Waals surface area contributed by atoms with Crippen molar-refractivity contribution in [1.82, 2.24) is 9.80 Å². The lowest BCUT2D eigenvalue weighted by atomic mass is 9.57. The molecule has 298 valence electrons. The van der Waals surface area contributed by atoms with Crippen LogP contribution in [0.15, 0.2) is 53.3 Å². The zero-order valence-electron chi connectivity index (χ0n) is 32.3. The molecule has 15 nitrogen and oxygen atoms in total. The van der Waals surface area contributed by atoms with Gasteiger partial charge in [0.25, 0.3) is 5.91 Å². The Bertz CT molecular complexity index is 1920. The minimum Gasteiger partial charge on any atom is -0.508 e. The van der Waals surface area contributed by atoms with Crippen molar-refractivity contribution in [3.8, 4) is 5.75 Å². The number of anilines is 1. The molecule has 0 aliphatic heterocycles. The number of benzene rings is 2. The smallest absolute Gasteiger partial charge is 0.412 e. The molecule has 5 rings (SSSR count). The van der Waals surface area contributed by atoms with Crippen molar-refractivity contribution in [1.29, 1.82) is 0 Å². The molecule has 5 atom stereocenters. The van der Waals surface area contributed by atoms with Gasteiger partial charge in [0.2, 0.25) is 5.78 Å². The molecule has 15 heteroatoms. The summed E-state index contributed by atoms with van der Waals surface area (Å²) in [5.74, 6) is -7.44. The van der Waals surface area contributed by atoms with E-state index in [4.69, 9.17) is 15.2 Å². The third-order valence-corrected chi connectivity index (χ3v) is 10.5. The number of phenols is 1. The number of fused-ring (bicyclic) bond motifs is 3. The van der Waals surface area contributed by atoms with Crippen LogP contribution in [0, 0.1) is 17.3 Å². The number of likely N-dealkylation sites (N-methyl/N-ethyl adjacent to an activating group) is 1. The number of carbonyl (C=O) groups excluding carboxylic acids is 4. The molecule has 3 aliphatic carbocycles. The summed E-state index contributed by atoms with van der Waals surface area (Å²) in [6.07, 6.45) is -1.09. The summed E-state index contributed by atoms with van der Waals surface area (Å²) in [5, 5.41) is 57.2. The molecule has 0 heterocycles. The van der Waals surface area contributed by atoms with Crippen molar-refractivity contribution in [2.75, 3.05) is 46.4 Å². The number of aliphatic hydroxyl groups is 4. The molecule has 0 saturated heterocycles. The number of aryl methyl sites for hydroxylation is 1. The molecule has 0 spiro atoms. The largest absolute Gasteiger partial charge is 0.508 e. The Labute approximate surface area is 320 Å². The van der Waals surface area contributed by atoms with Crippen molar-refractivity contribution in [2.45, 2.75) is 70.9 Å². The zero-order chi connectivity index (χ0) is 40.7. The molecule has 2 amide bonds. The molecule has 2 aromatic rings. The number of aliphatic hydroxyl groups excluding tert-OH is 3. The van der Waals surface area contributed by atoms with Crippen LogP contribution in [-0.4, -0.2) is 118 Å². The van der Waals surface area contributed by atoms with Gasteiger partial charge in [0, 0.05) is 49.8 Å². The predicted molar refractivity (Wildman–Crippen MR) is 202 cm³/mol. The summed E-state index contributed by atoms with van der Waals surface area (Å²) in [4.78, 5) is 58.2. The monoisotopic (exact) mass is 764 g/mol. The lowest BCUT2D eigenvalue weighted by molar-refractivity contribution is -0.157. The van der Waals surface area contributed by atoms with Gasteiger partial charge in [-0.25, -0.2) is 4.79 Å². The summed E-state index contributed by atoms with van der Waals surface area (Å²) in [6, 6.07) is 10.0. The number of carbonyl (C=O) groups is 4. The standard InChI is InChI=1S/C40H52N4O11/c1-39(2,3)19-44(38(52)55-20-54-27(45)14-13-21-11-9-8-10-12-21)18-23-17-26(42(4)5)24-15-22-16-25-31(43(6)7)34(48)30(37(41)51)36(50)40(25,53)35(49)28(22)33(47)29(24)32(23)46/h8-12,17,22,25,27,31,45-47,50,53H,13-16,18-20H2,1-7H3,(H2,41,51). The summed E-state index contributed by atoms with van der Waals surface area (Å²) >= 11 is 0. The number of rotatable bonds is 12. The van der Waals surface area contributed by atoms with Gasteiger partial charge in [-0.15, -0.1) is 0 Å². The van der Waals surface area contributed by atoms with Crippen molar-refractivity contribution in [2.24, 2.45) is 23.0 Å². The maximum atomic E-state index is 14.4. The molecule has 7 N–H and O–H groups in total. The second kappa shape index (κ2) is 15.6. The van der Waals surface area contributed by atoms with Crippen LogP contribution < -0.4 is 10.6 Å². The number of hydrogen-bond donors (Lipinski definition) is 6. The van der Waals surface area contributed by atoms with Crippen LogP contribution in [0.2, 0.25) is 0 Å². The Morgan fingerprint density at radius 3 is 2.29 bits per heavy atom. The molecular formula is C40H52N4O11. The van der Waals surface area contributed by atoms with E-state index in [-0.39, 0.29) is 49.1 Å². The van der Waals surface area contributed by atoms with E-state index in [0.717, 1.165) is 5.56 Å². The van der Waals surface area contributed by atoms with Crippen molar-refractivity contribution in [3.63, 3.8) is 0 Å². The predicted octanol–water partition coefficient (Wildman–Crippen LogP) is 2.94. The number of nitrogens with two attached hydrogens (primary N) is 1. The third-order valence-electron chi connectivity index (χ3n) is 10.5. The highest BCUT2D eigenvalue weighted by atomic mass is 16.7. The summed E-state index contributed by atoms with van der Waals surface area (Å²) in [5.41, 5.74) is 3.24. The molecule has 3 aliphatic rings. The van der Waals surface area contributed by atoms with Gasteiger partial charge in [0.1, 0.15) is 22.8 Å². The van der Waals surface area contributed by atoms with E-state index in [1.165, 1.54) is 9.80 Å². The van der Waals surface area contributed by atoms with E-state index in [0.29, 0.717) is 17.7 Å². The molecular weight excluding hydrogens is 712 g/mol. The van der Waals surface area contributed by atoms with Crippen LogP contribution in [-0.2, 0) is 43.2 Å². The Morgan fingerprint density at radius 2 is 1.71 bits per heavy atom. The first kappa shape index (κ1) is 41.2. The lowest BCUT2D eigenvalue weighted by Crippen LogP contribution is -2.65. The topological polar surface area (TPSA) is 224 Å². The Kier molecular flexibility index (Phi) is 11.7. The SMILES string of the molecule is CN(C)c1cc(CN(CC(C)(C)C)C(=O)OCOC(O)CCc2ccccc2)c(O)c2c1CC1CC3C(N(C)C)C(=O)C(C(N)=O)=C(O)C3(O)C(=O)C1=C2O. The Morgan fingerprint density at radius 1 is 1.05 bits per heavy atom. The first-order chi connectivity index (χ1) is 25.7. The molecule has 5 unspecified atom stereocenters. The molecule has 0 aromatic heterocycles. The van der Waals surface area contributed by atoms with Crippen LogP contribution in [0.1, 0.15) is 55.9 Å². The van der Waals surface area contributed by atoms with Crippen LogP contribution in [0.5, 0.6) is 5.75 Å². The minimum atomic E-state index is -2.77. The van der Waals surface area contributed by atoms with Gasteiger partial charge < -0.3 is 50.5 Å². The maximum absolute atomic E-state index is 14.4. The maximum Gasteiger partial charge on any atom is 0.412 e. The Hall–Kier alpha value is -4.96. The summed E-state index contributed by atoms with van der Waals surface area (Å²) in [7, 11) is 6.60. The fraction of sp³-hybridized carbons (Fsp3) is 0.500. The van der Waals surface area contributed by atoms with Crippen molar-refractivity contribution < 1.29 is 54.2 Å². The summed E-state index contributed by atoms with van der Waals surface area (Å²) < 4.78 is 10.8. The normalized spacial score (nSPS) is 22.9. The number of nitrogens with zero attached hydrogens (tertiary/aromatic N) is 3. The average molecular weight is 765 g/mol. The van der Waals surface area contributed by atoms with Crippen molar-refractivity contribution >= 4 is 35.0 Å². The number of hydrogen-bond acceptors (Lipinski definition) is 13. The fourth-order valence-electron chi connectivity index (χ4n) is 8.10. The van der Waals surface area contributed by atoms with Crippen molar-refractivity contribution in [3.05, 3.63) is 75.6 Å². The molecule has 1 fully saturated rings.